The number of rotatable bonds is 6. The van der Waals surface area contributed by atoms with E-state index in [1.165, 1.54) is 5.57 Å². The second kappa shape index (κ2) is 5.51. The van der Waals surface area contributed by atoms with Crippen LogP contribution in [0.25, 0.3) is 0 Å². The molecule has 1 saturated heterocycles. The van der Waals surface area contributed by atoms with Gasteiger partial charge in [-0.15, -0.1) is 0 Å². The molecular formula is C18H24O4. The Morgan fingerprint density at radius 1 is 1.23 bits per heavy atom. The molecule has 120 valence electrons. The van der Waals surface area contributed by atoms with Gasteiger partial charge in [-0.2, -0.15) is 0 Å². The summed E-state index contributed by atoms with van der Waals surface area (Å²) in [6.45, 7) is 9.47. The van der Waals surface area contributed by atoms with Crippen molar-refractivity contribution in [1.82, 2.24) is 0 Å². The molecule has 1 aromatic carbocycles. The molecular weight excluding hydrogens is 280 g/mol. The predicted molar refractivity (Wildman–Crippen MR) is 84.6 cm³/mol. The second-order valence-corrected chi connectivity index (χ2v) is 6.72. The molecule has 2 aliphatic heterocycles. The van der Waals surface area contributed by atoms with E-state index in [0.29, 0.717) is 6.61 Å². The number of hydrogen-bond donors (Lipinski definition) is 0. The van der Waals surface area contributed by atoms with E-state index in [1.54, 1.807) is 0 Å². The van der Waals surface area contributed by atoms with Crippen molar-refractivity contribution in [3.8, 4) is 17.2 Å². The summed E-state index contributed by atoms with van der Waals surface area (Å²) in [5.41, 5.74) is 1.38. The van der Waals surface area contributed by atoms with Crippen molar-refractivity contribution >= 4 is 0 Å². The van der Waals surface area contributed by atoms with Crippen LogP contribution in [0.1, 0.15) is 40.5 Å². The summed E-state index contributed by atoms with van der Waals surface area (Å²) in [6.07, 6.45) is 4.21. The van der Waals surface area contributed by atoms with Gasteiger partial charge in [0.05, 0.1) is 11.2 Å². The van der Waals surface area contributed by atoms with E-state index >= 15 is 0 Å². The van der Waals surface area contributed by atoms with Crippen LogP contribution < -0.4 is 14.2 Å². The summed E-state index contributed by atoms with van der Waals surface area (Å²) in [7, 11) is 0. The van der Waals surface area contributed by atoms with E-state index in [1.807, 2.05) is 18.2 Å². The molecule has 2 aliphatic rings. The lowest BCUT2D eigenvalue weighted by Crippen LogP contribution is -2.16. The first-order valence-corrected chi connectivity index (χ1v) is 7.78. The van der Waals surface area contributed by atoms with Crippen LogP contribution in [0.5, 0.6) is 17.2 Å². The lowest BCUT2D eigenvalue weighted by Gasteiger charge is -2.09. The molecule has 0 bridgehead atoms. The Morgan fingerprint density at radius 3 is 2.68 bits per heavy atom. The topological polar surface area (TPSA) is 40.2 Å². The summed E-state index contributed by atoms with van der Waals surface area (Å²) in [6, 6.07) is 5.65. The van der Waals surface area contributed by atoms with E-state index in [-0.39, 0.29) is 18.0 Å². The van der Waals surface area contributed by atoms with Crippen molar-refractivity contribution in [2.24, 2.45) is 0 Å². The van der Waals surface area contributed by atoms with Crippen molar-refractivity contribution in [2.45, 2.75) is 51.7 Å². The molecule has 0 saturated carbocycles. The van der Waals surface area contributed by atoms with Crippen LogP contribution in [0, 0.1) is 0 Å². The van der Waals surface area contributed by atoms with Crippen molar-refractivity contribution < 1.29 is 18.9 Å². The minimum atomic E-state index is 0.0241. The minimum absolute atomic E-state index is 0.0241. The van der Waals surface area contributed by atoms with Gasteiger partial charge in [-0.1, -0.05) is 5.57 Å². The maximum atomic E-state index is 5.77. The second-order valence-electron chi connectivity index (χ2n) is 6.72. The summed E-state index contributed by atoms with van der Waals surface area (Å²) in [4.78, 5) is 0. The van der Waals surface area contributed by atoms with E-state index in [4.69, 9.17) is 18.9 Å². The van der Waals surface area contributed by atoms with E-state index in [2.05, 4.69) is 33.8 Å². The lowest BCUT2D eigenvalue weighted by molar-refractivity contribution is 0.174. The zero-order valence-electron chi connectivity index (χ0n) is 13.8. The van der Waals surface area contributed by atoms with Gasteiger partial charge in [0.2, 0.25) is 6.79 Å². The molecule has 0 radical (unpaired) electrons. The molecule has 3 rings (SSSR count). The Labute approximate surface area is 132 Å². The molecule has 1 atom stereocenters. The Morgan fingerprint density at radius 2 is 1.95 bits per heavy atom. The van der Waals surface area contributed by atoms with Gasteiger partial charge in [-0.3, -0.25) is 0 Å². The molecule has 1 unspecified atom stereocenters. The zero-order chi connectivity index (χ0) is 15.8. The number of fused-ring (bicyclic) bond motifs is 1. The molecule has 2 heterocycles. The summed E-state index contributed by atoms with van der Waals surface area (Å²) in [5, 5.41) is 0. The van der Waals surface area contributed by atoms with Crippen molar-refractivity contribution in [3.63, 3.8) is 0 Å². The fraction of sp³-hybridized carbons (Fsp3) is 0.556. The Bertz CT molecular complexity index is 591. The highest BCUT2D eigenvalue weighted by atomic mass is 16.7. The van der Waals surface area contributed by atoms with E-state index in [9.17, 15) is 0 Å². The monoisotopic (exact) mass is 304 g/mol. The molecule has 0 aromatic heterocycles. The van der Waals surface area contributed by atoms with Crippen LogP contribution in [0.4, 0.5) is 0 Å². The first-order chi connectivity index (χ1) is 10.4. The van der Waals surface area contributed by atoms with Crippen LogP contribution in [-0.2, 0) is 4.74 Å². The largest absolute Gasteiger partial charge is 0.489 e. The highest BCUT2D eigenvalue weighted by Crippen LogP contribution is 2.50. The number of hydrogen-bond acceptors (Lipinski definition) is 4. The third-order valence-electron chi connectivity index (χ3n) is 4.73. The Hall–Kier alpha value is -1.68. The number of allylic oxidation sites excluding steroid dienone is 1. The normalized spacial score (nSPS) is 25.2. The Kier molecular flexibility index (Phi) is 3.81. The third-order valence-corrected chi connectivity index (χ3v) is 4.73. The summed E-state index contributed by atoms with van der Waals surface area (Å²) >= 11 is 0. The Balaban J connectivity index is 1.45. The van der Waals surface area contributed by atoms with Crippen molar-refractivity contribution in [3.05, 3.63) is 29.8 Å². The first-order valence-electron chi connectivity index (χ1n) is 7.78. The molecule has 22 heavy (non-hydrogen) atoms. The van der Waals surface area contributed by atoms with Crippen molar-refractivity contribution in [2.75, 3.05) is 13.4 Å². The van der Waals surface area contributed by atoms with Gasteiger partial charge in [-0.25, -0.2) is 0 Å². The van der Waals surface area contributed by atoms with Crippen molar-refractivity contribution in [1.29, 1.82) is 0 Å². The number of epoxide rings is 1. The third kappa shape index (κ3) is 3.07. The molecule has 0 amide bonds. The number of benzene rings is 1. The highest BCUT2D eigenvalue weighted by molar-refractivity contribution is 5.46. The average molecular weight is 304 g/mol. The quantitative estimate of drug-likeness (QED) is 0.586. The van der Waals surface area contributed by atoms with Gasteiger partial charge in [0, 0.05) is 6.07 Å². The first kappa shape index (κ1) is 15.2. The van der Waals surface area contributed by atoms with Gasteiger partial charge in [0.1, 0.15) is 12.4 Å². The fourth-order valence-electron chi connectivity index (χ4n) is 2.67. The highest BCUT2D eigenvalue weighted by Gasteiger charge is 2.59. The fourth-order valence-corrected chi connectivity index (χ4v) is 2.67. The predicted octanol–water partition coefficient (Wildman–Crippen LogP) is 4.09. The average Bonchev–Trinajstić information content (AvgIpc) is 2.82. The van der Waals surface area contributed by atoms with Crippen LogP contribution >= 0.6 is 0 Å². The van der Waals surface area contributed by atoms with Crippen LogP contribution in [0.15, 0.2) is 29.8 Å². The molecule has 0 aliphatic carbocycles. The standard InChI is InChI=1S/C18H24O4/c1-13(7-9-18(4)17(2,3)22-18)8-10-19-14-5-6-15-16(11-14)21-12-20-15/h5-6,8,11H,7,9-10,12H2,1-4H3/b13-8+. The summed E-state index contributed by atoms with van der Waals surface area (Å²) in [5.74, 6) is 2.32. The maximum absolute atomic E-state index is 5.77. The lowest BCUT2D eigenvalue weighted by atomic mass is 9.91. The van der Waals surface area contributed by atoms with Crippen LogP contribution in [0.3, 0.4) is 0 Å². The molecule has 4 nitrogen and oxygen atoms in total. The van der Waals surface area contributed by atoms with Gasteiger partial charge < -0.3 is 18.9 Å². The van der Waals surface area contributed by atoms with E-state index in [0.717, 1.165) is 30.1 Å². The number of ether oxygens (including phenoxy) is 4. The molecule has 0 N–H and O–H groups in total. The minimum Gasteiger partial charge on any atom is -0.489 e. The summed E-state index contributed by atoms with van der Waals surface area (Å²) < 4.78 is 22.1. The SMILES string of the molecule is C/C(=C\COc1ccc2c(c1)OCO2)CCC1(C)OC1(C)C. The van der Waals surface area contributed by atoms with Gasteiger partial charge in [0.25, 0.3) is 0 Å². The maximum Gasteiger partial charge on any atom is 0.231 e. The van der Waals surface area contributed by atoms with Gasteiger partial charge >= 0.3 is 0 Å². The zero-order valence-corrected chi connectivity index (χ0v) is 13.8. The van der Waals surface area contributed by atoms with Gasteiger partial charge in [0.15, 0.2) is 11.5 Å². The molecule has 1 fully saturated rings. The molecule has 4 heteroatoms. The van der Waals surface area contributed by atoms with Gasteiger partial charge in [-0.05, 0) is 58.7 Å². The molecule has 1 aromatic rings. The van der Waals surface area contributed by atoms with Crippen LogP contribution in [-0.4, -0.2) is 24.6 Å². The smallest absolute Gasteiger partial charge is 0.231 e. The van der Waals surface area contributed by atoms with E-state index < -0.39 is 0 Å². The van der Waals surface area contributed by atoms with Crippen LogP contribution in [0.2, 0.25) is 0 Å². The molecule has 0 spiro atoms.